The summed E-state index contributed by atoms with van der Waals surface area (Å²) in [6.07, 6.45) is 4.13. The molecule has 220 valence electrons. The number of hydrogen-bond donors (Lipinski definition) is 0. The van der Waals surface area contributed by atoms with Crippen LogP contribution in [0.15, 0.2) is 61.9 Å². The van der Waals surface area contributed by atoms with Crippen molar-refractivity contribution in [2.24, 2.45) is 15.0 Å². The van der Waals surface area contributed by atoms with Gasteiger partial charge in [0.25, 0.3) is 5.91 Å². The van der Waals surface area contributed by atoms with Gasteiger partial charge in [-0.05, 0) is 0 Å². The van der Waals surface area contributed by atoms with Crippen molar-refractivity contribution in [3.8, 4) is 0 Å². The Morgan fingerprint density at radius 2 is 1.29 bits per heavy atom. The first-order valence-electron chi connectivity index (χ1n) is 12.8. The molecule has 1 aliphatic heterocycles. The van der Waals surface area contributed by atoms with Crippen LogP contribution in [0.4, 0.5) is 0 Å². The van der Waals surface area contributed by atoms with E-state index < -0.39 is 35.0 Å². The number of halogens is 5. The minimum absolute atomic E-state index is 0.0552. The summed E-state index contributed by atoms with van der Waals surface area (Å²) in [4.78, 5) is 24.0. The molecule has 0 saturated heterocycles. The maximum Gasteiger partial charge on any atom is 0.278 e. The third-order valence-corrected chi connectivity index (χ3v) is 13.1. The first-order valence-corrected chi connectivity index (χ1v) is 19.3. The Balaban J connectivity index is 0.000000271. The van der Waals surface area contributed by atoms with Crippen molar-refractivity contribution in [3.63, 3.8) is 0 Å². The van der Waals surface area contributed by atoms with Crippen molar-refractivity contribution in [1.29, 1.82) is 0 Å². The predicted molar refractivity (Wildman–Crippen MR) is 182 cm³/mol. The molecule has 1 aliphatic rings. The predicted octanol–water partition coefficient (Wildman–Crippen LogP) is 7.97. The van der Waals surface area contributed by atoms with Crippen LogP contribution in [0.2, 0.25) is 20.1 Å². The van der Waals surface area contributed by atoms with Gasteiger partial charge in [-0.15, -0.1) is 0 Å². The standard InChI is InChI=1S/C16H23N2.C8HCl4NO2.C7H6Br.Bi/c1-15(2,3)17-11-13-8-7-9-14(10-13)12-18-16(4,5)6;9-3-1-2(8(15)13-7(1)14)4(10)6(12)5(3)11;1-6-2-4-7(8)5-3-6;/h7-9,11-12H,1-6H3;(H,13,14,15);2-5H,1H2;/q;;;+1/p-1. The third kappa shape index (κ3) is 9.58. The second kappa shape index (κ2) is 14.6. The average Bonchev–Trinajstić information content (AvgIpc) is 3.21. The molecule has 0 N–H and O–H groups in total. The number of benzene rings is 3. The van der Waals surface area contributed by atoms with Crippen molar-refractivity contribution in [1.82, 2.24) is 0 Å². The summed E-state index contributed by atoms with van der Waals surface area (Å²) in [5, 5.41) is 11.0. The van der Waals surface area contributed by atoms with Crippen LogP contribution in [0.3, 0.4) is 0 Å². The van der Waals surface area contributed by atoms with Gasteiger partial charge in [-0.1, -0.05) is 46.4 Å². The van der Waals surface area contributed by atoms with E-state index in [1.165, 1.54) is 24.1 Å². The first kappa shape index (κ1) is 35.1. The van der Waals surface area contributed by atoms with E-state index in [0.717, 1.165) is 4.47 Å². The Kier molecular flexibility index (Phi) is 12.2. The van der Waals surface area contributed by atoms with Crippen LogP contribution in [-0.2, 0) is 4.13 Å². The van der Waals surface area contributed by atoms with Gasteiger partial charge in [0, 0.05) is 11.5 Å². The number of fused-ring (bicyclic) bond motifs is 1. The Labute approximate surface area is 287 Å². The summed E-state index contributed by atoms with van der Waals surface area (Å²) >= 11 is 25.6. The maximum absolute atomic E-state index is 11.3. The molecule has 42 heavy (non-hydrogen) atoms. The molecule has 1 amide bonds. The van der Waals surface area contributed by atoms with Crippen LogP contribution in [0, 0.1) is 0 Å². The van der Waals surface area contributed by atoms with Crippen molar-refractivity contribution >= 4 is 113 Å². The van der Waals surface area contributed by atoms with E-state index >= 15 is 0 Å². The van der Waals surface area contributed by atoms with E-state index in [0.29, 0.717) is 0 Å². The summed E-state index contributed by atoms with van der Waals surface area (Å²) < 4.78 is 3.79. The van der Waals surface area contributed by atoms with Gasteiger partial charge in [0.2, 0.25) is 0 Å². The molecule has 0 unspecified atom stereocenters. The molecule has 0 aliphatic carbocycles. The molecule has 4 rings (SSSR count). The molecule has 2 radical (unpaired) electrons. The fourth-order valence-electron chi connectivity index (χ4n) is 3.49. The number of carbonyl (C=O) groups excluding carboxylic acids is 1. The van der Waals surface area contributed by atoms with Gasteiger partial charge in [-0.3, -0.25) is 4.79 Å². The monoisotopic (exact) mass is 903 g/mol. The van der Waals surface area contributed by atoms with Gasteiger partial charge in [0.1, 0.15) is 0 Å². The van der Waals surface area contributed by atoms with Gasteiger partial charge in [0.05, 0.1) is 25.7 Å². The number of hydrogen-bond acceptors (Lipinski definition) is 4. The van der Waals surface area contributed by atoms with E-state index in [-0.39, 0.29) is 42.3 Å². The largest absolute Gasteiger partial charge is 0.858 e. The number of amides is 1. The van der Waals surface area contributed by atoms with Gasteiger partial charge >= 0.3 is 185 Å². The van der Waals surface area contributed by atoms with Crippen LogP contribution >= 0.6 is 62.3 Å². The molecule has 11 heteroatoms. The van der Waals surface area contributed by atoms with E-state index in [1.807, 2.05) is 0 Å². The zero-order valence-corrected chi connectivity index (χ0v) is 32.0. The Morgan fingerprint density at radius 1 is 0.810 bits per heavy atom. The molecule has 3 aromatic rings. The Bertz CT molecular complexity index is 1530. The van der Waals surface area contributed by atoms with E-state index in [9.17, 15) is 9.90 Å². The molecule has 0 fully saturated rings. The van der Waals surface area contributed by atoms with Crippen LogP contribution in [0.25, 0.3) is 0 Å². The van der Waals surface area contributed by atoms with E-state index in [1.54, 1.807) is 0 Å². The van der Waals surface area contributed by atoms with Crippen molar-refractivity contribution < 1.29 is 9.90 Å². The zero-order valence-electron chi connectivity index (χ0n) is 23.9. The summed E-state index contributed by atoms with van der Waals surface area (Å²) in [5.74, 6) is -1.50. The molecule has 5 nitrogen and oxygen atoms in total. The minimum atomic E-state index is -0.945. The molecule has 0 aromatic heterocycles. The number of aliphatic imine (C=N–C) groups is 3. The van der Waals surface area contributed by atoms with Crippen LogP contribution < -0.4 is 8.38 Å². The first-order chi connectivity index (χ1) is 19.5. The van der Waals surface area contributed by atoms with E-state index in [2.05, 4.69) is 117 Å². The average molecular weight is 906 g/mol. The van der Waals surface area contributed by atoms with Crippen molar-refractivity contribution in [2.75, 3.05) is 0 Å². The normalized spacial score (nSPS) is 13.4. The summed E-state index contributed by atoms with van der Waals surface area (Å²) in [6.45, 7) is 12.8. The number of rotatable bonds is 5. The van der Waals surface area contributed by atoms with Crippen LogP contribution in [0.5, 0.6) is 0 Å². The third-order valence-electron chi connectivity index (χ3n) is 5.51. The van der Waals surface area contributed by atoms with Gasteiger partial charge in [-0.25, -0.2) is 4.99 Å². The molecular formula is C31H29BiBrCl4N3O2. The summed E-state index contributed by atoms with van der Waals surface area (Å²) in [7, 11) is 0. The number of carbonyl (C=O) groups is 1. The maximum atomic E-state index is 11.3. The smallest absolute Gasteiger partial charge is 0.278 e. The van der Waals surface area contributed by atoms with Gasteiger partial charge < -0.3 is 5.11 Å². The van der Waals surface area contributed by atoms with E-state index in [4.69, 9.17) is 56.4 Å². The molecule has 0 saturated carbocycles. The molecule has 1 heterocycles. The number of nitrogens with zero attached hydrogens (tertiary/aromatic N) is 3. The SMILES string of the molecule is CC(C)(C)N=Cc1cccc(C=NC(C)(C)C)[c]1[Bi+][CH2]c1ccc(Br)cc1.O=C1N=C([O-])c2c(Cl)c(Cl)c(Cl)c(Cl)c21. The zero-order chi connectivity index (χ0) is 31.4. The Morgan fingerprint density at radius 3 is 1.76 bits per heavy atom. The molecule has 0 atom stereocenters. The molecule has 0 spiro atoms. The second-order valence-electron chi connectivity index (χ2n) is 11.3. The van der Waals surface area contributed by atoms with Crippen LogP contribution in [-0.4, -0.2) is 58.5 Å². The van der Waals surface area contributed by atoms with Crippen molar-refractivity contribution in [3.05, 3.63) is 94.8 Å². The summed E-state index contributed by atoms with van der Waals surface area (Å²) in [5.41, 5.74) is 3.64. The Hall–Kier alpha value is -1.34. The van der Waals surface area contributed by atoms with Gasteiger partial charge in [-0.2, -0.15) is 0 Å². The second-order valence-corrected chi connectivity index (χ2v) is 17.9. The minimum Gasteiger partial charge on any atom is -0.858 e. The van der Waals surface area contributed by atoms with Crippen LogP contribution in [0.1, 0.15) is 74.2 Å². The molecular weight excluding hydrogens is 877 g/mol. The molecule has 3 aromatic carbocycles. The quantitative estimate of drug-likeness (QED) is 0.113. The fraction of sp³-hybridized carbons (Fsp3) is 0.290. The fourth-order valence-corrected chi connectivity index (χ4v) is 9.37. The summed E-state index contributed by atoms with van der Waals surface area (Å²) in [6, 6.07) is 15.2. The molecule has 0 bridgehead atoms. The van der Waals surface area contributed by atoms with Crippen molar-refractivity contribution in [2.45, 2.75) is 56.7 Å². The van der Waals surface area contributed by atoms with Gasteiger partial charge in [0.15, 0.2) is 0 Å². The topological polar surface area (TPSA) is 77.2 Å².